The van der Waals surface area contributed by atoms with Crippen molar-refractivity contribution in [1.82, 2.24) is 14.9 Å². The van der Waals surface area contributed by atoms with E-state index in [1.165, 1.54) is 0 Å². The fourth-order valence-corrected chi connectivity index (χ4v) is 2.00. The fourth-order valence-electron chi connectivity index (χ4n) is 2.00. The molecule has 0 aromatic carbocycles. The van der Waals surface area contributed by atoms with Gasteiger partial charge in [0.15, 0.2) is 0 Å². The lowest BCUT2D eigenvalue weighted by molar-refractivity contribution is 0.312. The second kappa shape index (κ2) is 6.19. The van der Waals surface area contributed by atoms with Gasteiger partial charge in [0.05, 0.1) is 0 Å². The normalized spacial score (nSPS) is 18.7. The van der Waals surface area contributed by atoms with Crippen LogP contribution >= 0.6 is 0 Å². The Kier molecular flexibility index (Phi) is 4.58. The maximum absolute atomic E-state index is 4.63. The number of aromatic nitrogens is 2. The summed E-state index contributed by atoms with van der Waals surface area (Å²) in [6.45, 7) is 10.8. The zero-order chi connectivity index (χ0) is 13.8. The van der Waals surface area contributed by atoms with Crippen LogP contribution in [0.1, 0.15) is 20.8 Å². The Hall–Kier alpha value is -1.36. The van der Waals surface area contributed by atoms with Crippen LogP contribution in [0.5, 0.6) is 0 Å². The number of nitrogens with zero attached hydrogens (tertiary/aromatic N) is 4. The Balaban J connectivity index is 2.02. The number of hydrogen-bond acceptors (Lipinski definition) is 5. The molecule has 0 amide bonds. The Morgan fingerprint density at radius 3 is 2.47 bits per heavy atom. The molecule has 2 rings (SSSR count). The number of rotatable bonds is 4. The van der Waals surface area contributed by atoms with Gasteiger partial charge in [-0.05, 0) is 26.0 Å². The molecule has 1 aromatic heterocycles. The summed E-state index contributed by atoms with van der Waals surface area (Å²) in [5, 5.41) is 3.37. The molecule has 0 radical (unpaired) electrons. The van der Waals surface area contributed by atoms with Crippen molar-refractivity contribution in [2.75, 3.05) is 43.4 Å². The van der Waals surface area contributed by atoms with E-state index in [9.17, 15) is 0 Å². The molecule has 0 aliphatic carbocycles. The second-order valence-electron chi connectivity index (χ2n) is 5.71. The first-order valence-electron chi connectivity index (χ1n) is 7.09. The number of hydrogen-bond donors (Lipinski definition) is 1. The van der Waals surface area contributed by atoms with E-state index in [-0.39, 0.29) is 0 Å². The van der Waals surface area contributed by atoms with Gasteiger partial charge in [-0.15, -0.1) is 0 Å². The standard InChI is InChI=1S/C14H25N5/c1-11(2)12(3)16-14-15-6-5-13(17-14)19-9-7-18(4)8-10-19/h5-6,11-12H,7-10H2,1-4H3,(H,15,16,17). The Morgan fingerprint density at radius 1 is 1.16 bits per heavy atom. The molecule has 2 heterocycles. The van der Waals surface area contributed by atoms with Crippen LogP contribution in [-0.2, 0) is 0 Å². The SMILES string of the molecule is CC(C)C(C)Nc1nccc(N2CCN(C)CC2)n1. The molecule has 1 aliphatic heterocycles. The maximum atomic E-state index is 4.63. The molecule has 1 aromatic rings. The lowest BCUT2D eigenvalue weighted by Crippen LogP contribution is -2.44. The van der Waals surface area contributed by atoms with E-state index in [0.717, 1.165) is 37.9 Å². The van der Waals surface area contributed by atoms with Crippen molar-refractivity contribution in [2.24, 2.45) is 5.92 Å². The van der Waals surface area contributed by atoms with Crippen molar-refractivity contribution < 1.29 is 0 Å². The third-order valence-corrected chi connectivity index (χ3v) is 3.82. The van der Waals surface area contributed by atoms with Gasteiger partial charge in [-0.3, -0.25) is 0 Å². The summed E-state index contributed by atoms with van der Waals surface area (Å²) in [6, 6.07) is 2.37. The molecule has 1 fully saturated rings. The zero-order valence-electron chi connectivity index (χ0n) is 12.4. The van der Waals surface area contributed by atoms with E-state index >= 15 is 0 Å². The van der Waals surface area contributed by atoms with Crippen LogP contribution in [0.25, 0.3) is 0 Å². The van der Waals surface area contributed by atoms with E-state index in [1.807, 2.05) is 12.3 Å². The average Bonchev–Trinajstić information content (AvgIpc) is 2.39. The van der Waals surface area contributed by atoms with Gasteiger partial charge in [0.1, 0.15) is 5.82 Å². The molecule has 19 heavy (non-hydrogen) atoms. The topological polar surface area (TPSA) is 44.3 Å². The molecule has 5 nitrogen and oxygen atoms in total. The van der Waals surface area contributed by atoms with Crippen LogP contribution < -0.4 is 10.2 Å². The van der Waals surface area contributed by atoms with Gasteiger partial charge >= 0.3 is 0 Å². The minimum Gasteiger partial charge on any atom is -0.354 e. The monoisotopic (exact) mass is 263 g/mol. The summed E-state index contributed by atoms with van der Waals surface area (Å²) in [6.07, 6.45) is 1.84. The number of nitrogens with one attached hydrogen (secondary N) is 1. The first-order valence-corrected chi connectivity index (χ1v) is 7.09. The van der Waals surface area contributed by atoms with Crippen molar-refractivity contribution in [3.63, 3.8) is 0 Å². The van der Waals surface area contributed by atoms with Gasteiger partial charge < -0.3 is 15.1 Å². The first-order chi connectivity index (χ1) is 9.06. The number of piperazine rings is 1. The van der Waals surface area contributed by atoms with E-state index in [0.29, 0.717) is 12.0 Å². The minimum absolute atomic E-state index is 0.378. The smallest absolute Gasteiger partial charge is 0.224 e. The predicted octanol–water partition coefficient (Wildman–Crippen LogP) is 1.68. The van der Waals surface area contributed by atoms with E-state index in [1.54, 1.807) is 0 Å². The highest BCUT2D eigenvalue weighted by Crippen LogP contribution is 2.15. The average molecular weight is 263 g/mol. The summed E-state index contributed by atoms with van der Waals surface area (Å²) in [5.74, 6) is 2.33. The van der Waals surface area contributed by atoms with Crippen molar-refractivity contribution in [3.8, 4) is 0 Å². The van der Waals surface area contributed by atoms with Crippen molar-refractivity contribution in [1.29, 1.82) is 0 Å². The molecule has 1 aliphatic rings. The van der Waals surface area contributed by atoms with Gasteiger partial charge in [0, 0.05) is 38.4 Å². The summed E-state index contributed by atoms with van der Waals surface area (Å²) >= 11 is 0. The molecular weight excluding hydrogens is 238 g/mol. The fraction of sp³-hybridized carbons (Fsp3) is 0.714. The predicted molar refractivity (Wildman–Crippen MR) is 79.7 cm³/mol. The van der Waals surface area contributed by atoms with Crippen LogP contribution in [0.2, 0.25) is 0 Å². The van der Waals surface area contributed by atoms with Crippen LogP contribution in [0.15, 0.2) is 12.3 Å². The highest BCUT2D eigenvalue weighted by molar-refractivity contribution is 5.43. The number of likely N-dealkylation sites (N-methyl/N-ethyl adjacent to an activating group) is 1. The molecule has 1 unspecified atom stereocenters. The first kappa shape index (κ1) is 14.1. The summed E-state index contributed by atoms with van der Waals surface area (Å²) in [4.78, 5) is 13.6. The quantitative estimate of drug-likeness (QED) is 0.895. The van der Waals surface area contributed by atoms with Crippen LogP contribution in [0.3, 0.4) is 0 Å². The van der Waals surface area contributed by atoms with Crippen molar-refractivity contribution in [2.45, 2.75) is 26.8 Å². The molecule has 0 spiro atoms. The van der Waals surface area contributed by atoms with Gasteiger partial charge in [0.2, 0.25) is 5.95 Å². The van der Waals surface area contributed by atoms with Gasteiger partial charge in [0.25, 0.3) is 0 Å². The summed E-state index contributed by atoms with van der Waals surface area (Å²) < 4.78 is 0. The van der Waals surface area contributed by atoms with Crippen molar-refractivity contribution >= 4 is 11.8 Å². The molecule has 106 valence electrons. The number of anilines is 2. The van der Waals surface area contributed by atoms with E-state index < -0.39 is 0 Å². The summed E-state index contributed by atoms with van der Waals surface area (Å²) in [7, 11) is 2.16. The minimum atomic E-state index is 0.378. The van der Waals surface area contributed by atoms with Crippen molar-refractivity contribution in [3.05, 3.63) is 12.3 Å². The molecule has 0 bridgehead atoms. The molecule has 0 saturated carbocycles. The van der Waals surface area contributed by atoms with Crippen LogP contribution in [-0.4, -0.2) is 54.1 Å². The molecule has 1 saturated heterocycles. The van der Waals surface area contributed by atoms with Crippen LogP contribution in [0.4, 0.5) is 11.8 Å². The Labute approximate surface area is 116 Å². The highest BCUT2D eigenvalue weighted by Gasteiger charge is 2.16. The highest BCUT2D eigenvalue weighted by atomic mass is 15.3. The Bertz CT molecular complexity index is 399. The Morgan fingerprint density at radius 2 is 1.84 bits per heavy atom. The molecule has 1 N–H and O–H groups in total. The van der Waals surface area contributed by atoms with Gasteiger partial charge in [-0.1, -0.05) is 13.8 Å². The molecule has 5 heteroatoms. The second-order valence-corrected chi connectivity index (χ2v) is 5.71. The maximum Gasteiger partial charge on any atom is 0.224 e. The molecular formula is C14H25N5. The van der Waals surface area contributed by atoms with Crippen LogP contribution in [0, 0.1) is 5.92 Å². The third kappa shape index (κ3) is 3.80. The lowest BCUT2D eigenvalue weighted by atomic mass is 10.1. The zero-order valence-corrected chi connectivity index (χ0v) is 12.4. The van der Waals surface area contributed by atoms with Gasteiger partial charge in [-0.25, -0.2) is 4.98 Å². The van der Waals surface area contributed by atoms with E-state index in [2.05, 4.69) is 52.9 Å². The summed E-state index contributed by atoms with van der Waals surface area (Å²) in [5.41, 5.74) is 0. The van der Waals surface area contributed by atoms with Gasteiger partial charge in [-0.2, -0.15) is 4.98 Å². The third-order valence-electron chi connectivity index (χ3n) is 3.82. The lowest BCUT2D eigenvalue weighted by Gasteiger charge is -2.33. The molecule has 1 atom stereocenters. The largest absolute Gasteiger partial charge is 0.354 e. The van der Waals surface area contributed by atoms with E-state index in [4.69, 9.17) is 0 Å².